The Morgan fingerprint density at radius 3 is 2.59 bits per heavy atom. The van der Waals surface area contributed by atoms with Gasteiger partial charge in [-0.2, -0.15) is 0 Å². The van der Waals surface area contributed by atoms with Crippen LogP contribution in [0.25, 0.3) is 0 Å². The van der Waals surface area contributed by atoms with Crippen molar-refractivity contribution in [2.75, 3.05) is 17.7 Å². The summed E-state index contributed by atoms with van der Waals surface area (Å²) in [7, 11) is 1.86. The van der Waals surface area contributed by atoms with Crippen LogP contribution in [0.4, 0.5) is 11.6 Å². The highest BCUT2D eigenvalue weighted by molar-refractivity contribution is 5.45. The molecule has 2 heterocycles. The number of aromatic nitrogens is 2. The molecule has 2 N–H and O–H groups in total. The van der Waals surface area contributed by atoms with Crippen LogP contribution in [0.2, 0.25) is 0 Å². The summed E-state index contributed by atoms with van der Waals surface area (Å²) in [5.74, 6) is 1.69. The van der Waals surface area contributed by atoms with E-state index in [4.69, 9.17) is 0 Å². The van der Waals surface area contributed by atoms with Gasteiger partial charge in [0.05, 0.1) is 11.7 Å². The summed E-state index contributed by atoms with van der Waals surface area (Å²) < 4.78 is 0. The van der Waals surface area contributed by atoms with E-state index >= 15 is 0 Å². The lowest BCUT2D eigenvalue weighted by atomic mass is 10.2. The number of nitrogens with zero attached hydrogens (tertiary/aromatic N) is 2. The summed E-state index contributed by atoms with van der Waals surface area (Å²) in [5, 5.41) is 6.33. The zero-order chi connectivity index (χ0) is 12.1. The van der Waals surface area contributed by atoms with Crippen LogP contribution in [0.3, 0.4) is 0 Å². The molecule has 0 fully saturated rings. The van der Waals surface area contributed by atoms with Crippen molar-refractivity contribution >= 4 is 11.6 Å². The van der Waals surface area contributed by atoms with Crippen molar-refractivity contribution in [3.05, 3.63) is 48.3 Å². The van der Waals surface area contributed by atoms with Crippen LogP contribution in [0.5, 0.6) is 0 Å². The third-order valence-electron chi connectivity index (χ3n) is 2.50. The van der Waals surface area contributed by atoms with Gasteiger partial charge < -0.3 is 10.6 Å². The summed E-state index contributed by atoms with van der Waals surface area (Å²) in [6, 6.07) is 11.9. The van der Waals surface area contributed by atoms with Crippen LogP contribution in [0.15, 0.2) is 42.6 Å². The summed E-state index contributed by atoms with van der Waals surface area (Å²) in [6.45, 7) is 2.07. The van der Waals surface area contributed by atoms with E-state index in [1.165, 1.54) is 0 Å². The smallest absolute Gasteiger partial charge is 0.128 e. The fraction of sp³-hybridized carbons (Fsp3) is 0.231. The molecule has 2 aromatic heterocycles. The van der Waals surface area contributed by atoms with Crippen molar-refractivity contribution in [1.29, 1.82) is 0 Å². The average molecular weight is 228 g/mol. The van der Waals surface area contributed by atoms with Gasteiger partial charge in [0.15, 0.2) is 0 Å². The van der Waals surface area contributed by atoms with Crippen molar-refractivity contribution in [2.24, 2.45) is 0 Å². The Labute approximate surface area is 101 Å². The Hall–Kier alpha value is -2.10. The van der Waals surface area contributed by atoms with E-state index in [-0.39, 0.29) is 6.04 Å². The fourth-order valence-electron chi connectivity index (χ4n) is 1.58. The molecule has 0 aromatic carbocycles. The number of pyridine rings is 2. The second-order valence-corrected chi connectivity index (χ2v) is 3.78. The molecule has 0 amide bonds. The molecule has 17 heavy (non-hydrogen) atoms. The normalized spacial score (nSPS) is 11.9. The monoisotopic (exact) mass is 228 g/mol. The molecule has 4 nitrogen and oxygen atoms in total. The van der Waals surface area contributed by atoms with Crippen LogP contribution in [0.1, 0.15) is 18.7 Å². The third kappa shape index (κ3) is 2.93. The molecule has 0 bridgehead atoms. The van der Waals surface area contributed by atoms with Crippen molar-refractivity contribution in [1.82, 2.24) is 9.97 Å². The molecule has 0 spiro atoms. The van der Waals surface area contributed by atoms with Crippen LogP contribution in [0, 0.1) is 0 Å². The van der Waals surface area contributed by atoms with Gasteiger partial charge in [-0.05, 0) is 31.2 Å². The van der Waals surface area contributed by atoms with E-state index in [1.54, 1.807) is 6.20 Å². The highest BCUT2D eigenvalue weighted by Crippen LogP contribution is 2.16. The van der Waals surface area contributed by atoms with Gasteiger partial charge in [-0.15, -0.1) is 0 Å². The number of nitrogens with one attached hydrogen (secondary N) is 2. The van der Waals surface area contributed by atoms with Crippen molar-refractivity contribution in [3.8, 4) is 0 Å². The second-order valence-electron chi connectivity index (χ2n) is 3.78. The highest BCUT2D eigenvalue weighted by Gasteiger charge is 2.06. The van der Waals surface area contributed by atoms with Crippen LogP contribution < -0.4 is 10.6 Å². The molecule has 88 valence electrons. The van der Waals surface area contributed by atoms with Crippen LogP contribution >= 0.6 is 0 Å². The maximum Gasteiger partial charge on any atom is 0.128 e. The first kappa shape index (κ1) is 11.4. The Kier molecular flexibility index (Phi) is 3.55. The third-order valence-corrected chi connectivity index (χ3v) is 2.50. The molecule has 0 aliphatic heterocycles. The molecule has 4 heteroatoms. The number of hydrogen-bond acceptors (Lipinski definition) is 4. The maximum atomic E-state index is 4.41. The lowest BCUT2D eigenvalue weighted by molar-refractivity contribution is 0.832. The zero-order valence-corrected chi connectivity index (χ0v) is 10.0. The highest BCUT2D eigenvalue weighted by atomic mass is 15.1. The van der Waals surface area contributed by atoms with E-state index in [1.807, 2.05) is 43.4 Å². The van der Waals surface area contributed by atoms with Gasteiger partial charge in [0.2, 0.25) is 0 Å². The number of anilines is 2. The molecule has 0 aliphatic carbocycles. The quantitative estimate of drug-likeness (QED) is 0.844. The lowest BCUT2D eigenvalue weighted by Crippen LogP contribution is -2.09. The summed E-state index contributed by atoms with van der Waals surface area (Å²) in [6.07, 6.45) is 1.80. The summed E-state index contributed by atoms with van der Waals surface area (Å²) in [5.41, 5.74) is 1.00. The Morgan fingerprint density at radius 2 is 1.88 bits per heavy atom. The Morgan fingerprint density at radius 1 is 1.06 bits per heavy atom. The zero-order valence-electron chi connectivity index (χ0n) is 10.0. The molecule has 0 saturated carbocycles. The molecule has 0 radical (unpaired) electrons. The van der Waals surface area contributed by atoms with Crippen molar-refractivity contribution in [2.45, 2.75) is 13.0 Å². The lowest BCUT2D eigenvalue weighted by Gasteiger charge is -2.14. The largest absolute Gasteiger partial charge is 0.373 e. The first-order valence-corrected chi connectivity index (χ1v) is 5.62. The van der Waals surface area contributed by atoms with Crippen molar-refractivity contribution in [3.63, 3.8) is 0 Å². The molecule has 0 saturated heterocycles. The minimum atomic E-state index is 0.135. The SMILES string of the molecule is CNc1cccc(NC(C)c2ccccn2)n1. The molecular formula is C13H16N4. The van der Waals surface area contributed by atoms with Gasteiger partial charge in [0.25, 0.3) is 0 Å². The molecule has 1 unspecified atom stereocenters. The Bertz CT molecular complexity index is 470. The van der Waals surface area contributed by atoms with Gasteiger partial charge in [-0.1, -0.05) is 12.1 Å². The topological polar surface area (TPSA) is 49.8 Å². The Balaban J connectivity index is 2.10. The predicted octanol–water partition coefficient (Wildman–Crippen LogP) is 2.69. The number of rotatable bonds is 4. The standard InChI is InChI=1S/C13H16N4/c1-10(11-6-3-4-9-15-11)16-13-8-5-7-12(14-2)17-13/h3-10H,1-2H3,(H2,14,16,17). The van der Waals surface area contributed by atoms with Gasteiger partial charge >= 0.3 is 0 Å². The van der Waals surface area contributed by atoms with Gasteiger partial charge in [-0.3, -0.25) is 4.98 Å². The second kappa shape index (κ2) is 5.30. The first-order chi connectivity index (χ1) is 8.29. The van der Waals surface area contributed by atoms with E-state index in [0.29, 0.717) is 0 Å². The van der Waals surface area contributed by atoms with E-state index in [0.717, 1.165) is 17.3 Å². The molecule has 0 aliphatic rings. The maximum absolute atomic E-state index is 4.41. The summed E-state index contributed by atoms with van der Waals surface area (Å²) >= 11 is 0. The van der Waals surface area contributed by atoms with E-state index in [2.05, 4.69) is 27.5 Å². The summed E-state index contributed by atoms with van der Waals surface area (Å²) in [4.78, 5) is 8.72. The molecular weight excluding hydrogens is 212 g/mol. The predicted molar refractivity (Wildman–Crippen MR) is 70.1 cm³/mol. The number of hydrogen-bond donors (Lipinski definition) is 2. The van der Waals surface area contributed by atoms with Crippen molar-refractivity contribution < 1.29 is 0 Å². The van der Waals surface area contributed by atoms with E-state index in [9.17, 15) is 0 Å². The molecule has 2 rings (SSSR count). The van der Waals surface area contributed by atoms with Gasteiger partial charge in [-0.25, -0.2) is 4.98 Å². The molecule has 1 atom stereocenters. The first-order valence-electron chi connectivity index (χ1n) is 5.62. The fourth-order valence-corrected chi connectivity index (χ4v) is 1.58. The average Bonchev–Trinajstić information content (AvgIpc) is 2.40. The minimum absolute atomic E-state index is 0.135. The minimum Gasteiger partial charge on any atom is -0.373 e. The van der Waals surface area contributed by atoms with E-state index < -0.39 is 0 Å². The van der Waals surface area contributed by atoms with Crippen LogP contribution in [-0.4, -0.2) is 17.0 Å². The van der Waals surface area contributed by atoms with Crippen LogP contribution in [-0.2, 0) is 0 Å². The van der Waals surface area contributed by atoms with Gasteiger partial charge in [0, 0.05) is 13.2 Å². The van der Waals surface area contributed by atoms with Gasteiger partial charge in [0.1, 0.15) is 11.6 Å². The molecule has 2 aromatic rings.